The van der Waals surface area contributed by atoms with Crippen LogP contribution < -0.4 is 5.32 Å². The number of halogens is 1. The Kier molecular flexibility index (Phi) is 7.32. The monoisotopic (exact) mass is 399 g/mol. The number of amides is 1. The van der Waals surface area contributed by atoms with E-state index in [1.165, 1.54) is 12.1 Å². The Morgan fingerprint density at radius 3 is 2.21 bits per heavy atom. The number of rotatable bonds is 7. The number of benzene rings is 2. The molecular weight excluding hydrogens is 373 g/mol. The molecule has 1 amide bonds. The topological polar surface area (TPSA) is 61.9 Å². The molecule has 0 aliphatic carbocycles. The summed E-state index contributed by atoms with van der Waals surface area (Å²) in [4.78, 5) is 28.4. The van der Waals surface area contributed by atoms with Crippen LogP contribution in [0.15, 0.2) is 48.5 Å². The zero-order chi connectivity index (χ0) is 20.6. The number of nitrogens with zero attached hydrogens (tertiary/aromatic N) is 2. The molecule has 2 aromatic carbocycles. The van der Waals surface area contributed by atoms with Gasteiger partial charge < -0.3 is 10.1 Å². The second-order valence-corrected chi connectivity index (χ2v) is 7.02. The Bertz CT molecular complexity index is 816. The first-order valence-electron chi connectivity index (χ1n) is 9.79. The predicted molar refractivity (Wildman–Crippen MR) is 109 cm³/mol. The van der Waals surface area contributed by atoms with Gasteiger partial charge in [0.1, 0.15) is 5.82 Å². The Morgan fingerprint density at radius 2 is 1.59 bits per heavy atom. The number of piperazine rings is 1. The fourth-order valence-corrected chi connectivity index (χ4v) is 3.26. The highest BCUT2D eigenvalue weighted by molar-refractivity contribution is 5.94. The summed E-state index contributed by atoms with van der Waals surface area (Å²) in [5.41, 5.74) is 2.20. The molecule has 2 aromatic rings. The smallest absolute Gasteiger partial charge is 0.338 e. The maximum atomic E-state index is 13.0. The second kappa shape index (κ2) is 10.1. The number of hydrogen-bond acceptors (Lipinski definition) is 5. The van der Waals surface area contributed by atoms with Crippen molar-refractivity contribution in [3.63, 3.8) is 0 Å². The lowest BCUT2D eigenvalue weighted by molar-refractivity contribution is -0.117. The minimum atomic E-state index is -0.371. The van der Waals surface area contributed by atoms with Gasteiger partial charge in [0, 0.05) is 38.4 Å². The van der Waals surface area contributed by atoms with Gasteiger partial charge in [0.2, 0.25) is 5.91 Å². The number of ether oxygens (including phenoxy) is 1. The molecular formula is C22H26FN3O3. The minimum absolute atomic E-state index is 0.0825. The zero-order valence-electron chi connectivity index (χ0n) is 16.6. The lowest BCUT2D eigenvalue weighted by atomic mass is 10.2. The van der Waals surface area contributed by atoms with Crippen molar-refractivity contribution in [2.75, 3.05) is 44.6 Å². The molecule has 6 nitrogen and oxygen atoms in total. The van der Waals surface area contributed by atoms with Gasteiger partial charge in [-0.3, -0.25) is 14.6 Å². The lowest BCUT2D eigenvalue weighted by Gasteiger charge is -2.34. The number of hydrogen-bond donors (Lipinski definition) is 1. The van der Waals surface area contributed by atoms with E-state index < -0.39 is 0 Å². The van der Waals surface area contributed by atoms with E-state index in [9.17, 15) is 14.0 Å². The summed E-state index contributed by atoms with van der Waals surface area (Å²) < 4.78 is 17.9. The summed E-state index contributed by atoms with van der Waals surface area (Å²) in [6, 6.07) is 13.3. The second-order valence-electron chi connectivity index (χ2n) is 7.02. The van der Waals surface area contributed by atoms with Crippen LogP contribution in [-0.4, -0.2) is 61.0 Å². The molecule has 7 heteroatoms. The van der Waals surface area contributed by atoms with Gasteiger partial charge in [0.05, 0.1) is 18.7 Å². The fraction of sp³-hybridized carbons (Fsp3) is 0.364. The lowest BCUT2D eigenvalue weighted by Crippen LogP contribution is -2.48. The summed E-state index contributed by atoms with van der Waals surface area (Å²) >= 11 is 0. The van der Waals surface area contributed by atoms with Gasteiger partial charge in [-0.15, -0.1) is 0 Å². The molecule has 1 heterocycles. The van der Waals surface area contributed by atoms with Crippen LogP contribution in [0.25, 0.3) is 0 Å². The summed E-state index contributed by atoms with van der Waals surface area (Å²) in [7, 11) is 0. The van der Waals surface area contributed by atoms with E-state index in [2.05, 4.69) is 15.1 Å². The zero-order valence-corrected chi connectivity index (χ0v) is 16.6. The number of carbonyl (C=O) groups is 2. The average molecular weight is 399 g/mol. The highest BCUT2D eigenvalue weighted by Crippen LogP contribution is 2.12. The van der Waals surface area contributed by atoms with Crippen molar-refractivity contribution in [3.05, 3.63) is 65.5 Å². The molecule has 0 spiro atoms. The first-order chi connectivity index (χ1) is 14.0. The van der Waals surface area contributed by atoms with Crippen LogP contribution in [0.1, 0.15) is 22.8 Å². The molecule has 29 heavy (non-hydrogen) atoms. The third-order valence-corrected chi connectivity index (χ3v) is 4.83. The molecule has 0 radical (unpaired) electrons. The Balaban J connectivity index is 1.41. The van der Waals surface area contributed by atoms with Crippen LogP contribution in [0, 0.1) is 5.82 Å². The van der Waals surface area contributed by atoms with Gasteiger partial charge in [-0.1, -0.05) is 12.1 Å². The van der Waals surface area contributed by atoms with Crippen LogP contribution in [0.4, 0.5) is 10.1 Å². The molecule has 0 unspecified atom stereocenters. The third-order valence-electron chi connectivity index (χ3n) is 4.83. The van der Waals surface area contributed by atoms with E-state index in [-0.39, 0.29) is 17.7 Å². The average Bonchev–Trinajstić information content (AvgIpc) is 2.72. The molecule has 3 rings (SSSR count). The standard InChI is InChI=1S/C22H26FN3O3/c1-2-29-22(28)18-5-9-20(10-6-18)24-21(27)16-26-13-11-25(12-14-26)15-17-3-7-19(23)8-4-17/h3-10H,2,11-16H2,1H3,(H,24,27). The fourth-order valence-electron chi connectivity index (χ4n) is 3.26. The van der Waals surface area contributed by atoms with Crippen LogP contribution in [0.2, 0.25) is 0 Å². The molecule has 0 bridgehead atoms. The van der Waals surface area contributed by atoms with E-state index in [0.717, 1.165) is 38.3 Å². The van der Waals surface area contributed by atoms with Crippen molar-refractivity contribution in [3.8, 4) is 0 Å². The molecule has 1 fully saturated rings. The highest BCUT2D eigenvalue weighted by Gasteiger charge is 2.19. The quantitative estimate of drug-likeness (QED) is 0.726. The maximum Gasteiger partial charge on any atom is 0.338 e. The molecule has 1 aliphatic rings. The van der Waals surface area contributed by atoms with Gasteiger partial charge in [-0.2, -0.15) is 0 Å². The molecule has 0 atom stereocenters. The summed E-state index contributed by atoms with van der Waals surface area (Å²) in [6.45, 7) is 6.52. The molecule has 1 N–H and O–H groups in total. The number of anilines is 1. The first-order valence-corrected chi connectivity index (χ1v) is 9.79. The van der Waals surface area contributed by atoms with Gasteiger partial charge in [0.15, 0.2) is 0 Å². The number of esters is 1. The van der Waals surface area contributed by atoms with Gasteiger partial charge in [-0.25, -0.2) is 9.18 Å². The summed E-state index contributed by atoms with van der Waals surface area (Å²) in [6.07, 6.45) is 0. The highest BCUT2D eigenvalue weighted by atomic mass is 19.1. The van der Waals surface area contributed by atoms with E-state index >= 15 is 0 Å². The van der Waals surface area contributed by atoms with E-state index in [0.29, 0.717) is 24.4 Å². The summed E-state index contributed by atoms with van der Waals surface area (Å²) in [5, 5.41) is 2.86. The third kappa shape index (κ3) is 6.37. The van der Waals surface area contributed by atoms with E-state index in [1.54, 1.807) is 31.2 Å². The Labute approximate surface area is 170 Å². The van der Waals surface area contributed by atoms with Crippen LogP contribution >= 0.6 is 0 Å². The molecule has 154 valence electrons. The van der Waals surface area contributed by atoms with Crippen molar-refractivity contribution in [1.29, 1.82) is 0 Å². The van der Waals surface area contributed by atoms with Crippen LogP contribution in [0.3, 0.4) is 0 Å². The van der Waals surface area contributed by atoms with Crippen LogP contribution in [-0.2, 0) is 16.1 Å². The van der Waals surface area contributed by atoms with Crippen molar-refractivity contribution in [2.45, 2.75) is 13.5 Å². The summed E-state index contributed by atoms with van der Waals surface area (Å²) in [5.74, 6) is -0.676. The van der Waals surface area contributed by atoms with Crippen molar-refractivity contribution >= 4 is 17.6 Å². The first kappa shape index (κ1) is 21.0. The molecule has 0 aromatic heterocycles. The van der Waals surface area contributed by atoms with E-state index in [1.807, 2.05) is 12.1 Å². The van der Waals surface area contributed by atoms with Gasteiger partial charge in [-0.05, 0) is 48.9 Å². The largest absolute Gasteiger partial charge is 0.462 e. The molecule has 1 saturated heterocycles. The van der Waals surface area contributed by atoms with Gasteiger partial charge >= 0.3 is 5.97 Å². The predicted octanol–water partition coefficient (Wildman–Crippen LogP) is 2.76. The van der Waals surface area contributed by atoms with Gasteiger partial charge in [0.25, 0.3) is 0 Å². The van der Waals surface area contributed by atoms with E-state index in [4.69, 9.17) is 4.74 Å². The minimum Gasteiger partial charge on any atom is -0.462 e. The van der Waals surface area contributed by atoms with Crippen molar-refractivity contribution in [2.24, 2.45) is 0 Å². The maximum absolute atomic E-state index is 13.0. The van der Waals surface area contributed by atoms with Crippen molar-refractivity contribution in [1.82, 2.24) is 9.80 Å². The number of nitrogens with one attached hydrogen (secondary N) is 1. The van der Waals surface area contributed by atoms with Crippen molar-refractivity contribution < 1.29 is 18.7 Å². The Morgan fingerprint density at radius 1 is 0.966 bits per heavy atom. The normalized spacial score (nSPS) is 15.1. The van der Waals surface area contributed by atoms with Crippen LogP contribution in [0.5, 0.6) is 0 Å². The number of carbonyl (C=O) groups excluding carboxylic acids is 2. The SMILES string of the molecule is CCOC(=O)c1ccc(NC(=O)CN2CCN(Cc3ccc(F)cc3)CC2)cc1. The molecule has 1 aliphatic heterocycles. The Hall–Kier alpha value is -2.77. The molecule has 0 saturated carbocycles.